The van der Waals surface area contributed by atoms with Crippen LogP contribution in [-0.4, -0.2) is 45.8 Å². The number of pyridine rings is 1. The summed E-state index contributed by atoms with van der Waals surface area (Å²) in [6, 6.07) is 4.76. The first kappa shape index (κ1) is 27.0. The highest BCUT2D eigenvalue weighted by molar-refractivity contribution is 9.10. The zero-order chi connectivity index (χ0) is 26.4. The second-order valence-electron chi connectivity index (χ2n) is 8.97. The van der Waals surface area contributed by atoms with Crippen LogP contribution in [-0.2, 0) is 40.4 Å². The van der Waals surface area contributed by atoms with Crippen molar-refractivity contribution in [3.05, 3.63) is 51.5 Å². The zero-order valence-electron chi connectivity index (χ0n) is 21.1. The van der Waals surface area contributed by atoms with Gasteiger partial charge in [0.1, 0.15) is 12.2 Å². The van der Waals surface area contributed by atoms with Gasteiger partial charge in [0.05, 0.1) is 21.7 Å². The Morgan fingerprint density at radius 3 is 2.57 bits per heavy atom. The van der Waals surface area contributed by atoms with Crippen LogP contribution >= 0.6 is 15.9 Å². The summed E-state index contributed by atoms with van der Waals surface area (Å²) in [5.74, 6) is -1.17. The van der Waals surface area contributed by atoms with Crippen molar-refractivity contribution in [2.45, 2.75) is 65.2 Å². The average molecular weight is 575 g/mol. The van der Waals surface area contributed by atoms with Crippen LogP contribution < -0.4 is 16.0 Å². The number of nitrogens with one attached hydrogen (secondary N) is 3. The number of fused-ring (bicyclic) bond motifs is 1. The number of aryl methyl sites for hydroxylation is 2. The van der Waals surface area contributed by atoms with Gasteiger partial charge in [0.25, 0.3) is 0 Å². The van der Waals surface area contributed by atoms with Crippen molar-refractivity contribution in [1.29, 1.82) is 0 Å². The standard InChI is InChI=1S/C26H32BrFN6O3/c1-3-22-18(14-30-24(36)12-23(35)29-13-16-5-6-21(28)20(27)11-16)25(32-17-7-9-37-10-8-17)19-15-31-34(4-2)26(19)33-22/h5-6,11,15,17H,3-4,7-10,12-14H2,1-2H3,(H,29,35)(H,30,36)(H,32,33). The SMILES string of the molecule is CCc1nc2c(cnn2CC)c(NC2CCOCC2)c1CNC(=O)CC(=O)NCc1ccc(F)c(Br)c1. The minimum Gasteiger partial charge on any atom is -0.381 e. The normalized spacial score (nSPS) is 14.1. The van der Waals surface area contributed by atoms with Gasteiger partial charge in [-0.3, -0.25) is 9.59 Å². The van der Waals surface area contributed by atoms with E-state index in [1.165, 1.54) is 6.07 Å². The Labute approximate surface area is 223 Å². The number of aromatic nitrogens is 3. The van der Waals surface area contributed by atoms with Crippen molar-refractivity contribution in [3.8, 4) is 0 Å². The molecule has 3 N–H and O–H groups in total. The van der Waals surface area contributed by atoms with E-state index in [9.17, 15) is 14.0 Å². The maximum Gasteiger partial charge on any atom is 0.229 e. The van der Waals surface area contributed by atoms with Crippen LogP contribution in [0.4, 0.5) is 10.1 Å². The van der Waals surface area contributed by atoms with Crippen LogP contribution in [0.1, 0.15) is 49.9 Å². The Bertz CT molecular complexity index is 1270. The fourth-order valence-corrected chi connectivity index (χ4v) is 4.83. The van der Waals surface area contributed by atoms with E-state index in [4.69, 9.17) is 9.72 Å². The maximum absolute atomic E-state index is 13.4. The molecule has 11 heteroatoms. The molecule has 0 atom stereocenters. The van der Waals surface area contributed by atoms with Gasteiger partial charge < -0.3 is 20.7 Å². The molecule has 198 valence electrons. The number of hydrogen-bond donors (Lipinski definition) is 3. The number of benzene rings is 1. The Hall–Kier alpha value is -3.05. The molecule has 9 nitrogen and oxygen atoms in total. The van der Waals surface area contributed by atoms with Crippen LogP contribution in [0.5, 0.6) is 0 Å². The van der Waals surface area contributed by atoms with Gasteiger partial charge in [-0.2, -0.15) is 5.10 Å². The number of ether oxygens (including phenoxy) is 1. The lowest BCUT2D eigenvalue weighted by atomic mass is 10.0. The molecule has 0 aliphatic carbocycles. The third-order valence-electron chi connectivity index (χ3n) is 6.43. The molecule has 2 amide bonds. The smallest absolute Gasteiger partial charge is 0.229 e. The van der Waals surface area contributed by atoms with E-state index in [0.29, 0.717) is 30.7 Å². The summed E-state index contributed by atoms with van der Waals surface area (Å²) in [6.07, 6.45) is 3.98. The van der Waals surface area contributed by atoms with Crippen LogP contribution in [0.15, 0.2) is 28.9 Å². The lowest BCUT2D eigenvalue weighted by Gasteiger charge is -2.26. The van der Waals surface area contributed by atoms with Crippen molar-refractivity contribution in [1.82, 2.24) is 25.4 Å². The lowest BCUT2D eigenvalue weighted by Crippen LogP contribution is -2.32. The van der Waals surface area contributed by atoms with Crippen molar-refractivity contribution >= 4 is 44.5 Å². The van der Waals surface area contributed by atoms with E-state index in [-0.39, 0.29) is 37.3 Å². The Morgan fingerprint density at radius 2 is 1.89 bits per heavy atom. The molecular formula is C26H32BrFN6O3. The van der Waals surface area contributed by atoms with Gasteiger partial charge in [0, 0.05) is 50.1 Å². The molecule has 0 saturated carbocycles. The van der Waals surface area contributed by atoms with Crippen molar-refractivity contribution in [3.63, 3.8) is 0 Å². The first-order valence-electron chi connectivity index (χ1n) is 12.6. The van der Waals surface area contributed by atoms with E-state index >= 15 is 0 Å². The van der Waals surface area contributed by atoms with Crippen molar-refractivity contribution < 1.29 is 18.7 Å². The minimum atomic E-state index is -0.410. The summed E-state index contributed by atoms with van der Waals surface area (Å²) in [5.41, 5.74) is 4.26. The molecule has 1 saturated heterocycles. The van der Waals surface area contributed by atoms with Gasteiger partial charge in [0.2, 0.25) is 11.8 Å². The molecule has 0 spiro atoms. The predicted molar refractivity (Wildman–Crippen MR) is 142 cm³/mol. The third kappa shape index (κ3) is 6.64. The molecule has 0 unspecified atom stereocenters. The van der Waals surface area contributed by atoms with Crippen LogP contribution in [0.2, 0.25) is 0 Å². The van der Waals surface area contributed by atoms with Gasteiger partial charge >= 0.3 is 0 Å². The van der Waals surface area contributed by atoms with E-state index in [2.05, 4.69) is 37.0 Å². The second kappa shape index (κ2) is 12.5. The van der Waals surface area contributed by atoms with Crippen LogP contribution in [0, 0.1) is 5.82 Å². The Balaban J connectivity index is 1.45. The number of nitrogens with zero attached hydrogens (tertiary/aromatic N) is 3. The number of amides is 2. The molecule has 37 heavy (non-hydrogen) atoms. The fraction of sp³-hybridized carbons (Fsp3) is 0.462. The van der Waals surface area contributed by atoms with Gasteiger partial charge in [-0.05, 0) is 59.8 Å². The largest absolute Gasteiger partial charge is 0.381 e. The molecule has 3 heterocycles. The molecule has 1 fully saturated rings. The summed E-state index contributed by atoms with van der Waals surface area (Å²) >= 11 is 3.13. The Morgan fingerprint density at radius 1 is 1.16 bits per heavy atom. The summed E-state index contributed by atoms with van der Waals surface area (Å²) < 4.78 is 21.1. The number of rotatable bonds is 10. The van der Waals surface area contributed by atoms with Gasteiger partial charge in [-0.25, -0.2) is 14.1 Å². The Kier molecular flexibility index (Phi) is 9.09. The summed E-state index contributed by atoms with van der Waals surface area (Å²) in [6.45, 7) is 6.62. The highest BCUT2D eigenvalue weighted by Crippen LogP contribution is 2.31. The summed E-state index contributed by atoms with van der Waals surface area (Å²) in [7, 11) is 0. The van der Waals surface area contributed by atoms with E-state index in [0.717, 1.165) is 46.4 Å². The number of anilines is 1. The number of hydrogen-bond acceptors (Lipinski definition) is 6. The molecule has 0 radical (unpaired) electrons. The molecular weight excluding hydrogens is 543 g/mol. The third-order valence-corrected chi connectivity index (χ3v) is 7.04. The average Bonchev–Trinajstić information content (AvgIpc) is 3.32. The van der Waals surface area contributed by atoms with Crippen molar-refractivity contribution in [2.24, 2.45) is 0 Å². The zero-order valence-corrected chi connectivity index (χ0v) is 22.7. The van der Waals surface area contributed by atoms with Crippen LogP contribution in [0.3, 0.4) is 0 Å². The van der Waals surface area contributed by atoms with E-state index < -0.39 is 5.91 Å². The van der Waals surface area contributed by atoms with Gasteiger partial charge in [-0.15, -0.1) is 0 Å². The molecule has 3 aromatic rings. The fourth-order valence-electron chi connectivity index (χ4n) is 4.41. The minimum absolute atomic E-state index is 0.201. The highest BCUT2D eigenvalue weighted by Gasteiger charge is 2.22. The van der Waals surface area contributed by atoms with Gasteiger partial charge in [-0.1, -0.05) is 13.0 Å². The molecule has 1 aromatic carbocycles. The second-order valence-corrected chi connectivity index (χ2v) is 9.83. The number of carbonyl (C=O) groups excluding carboxylic acids is 2. The predicted octanol–water partition coefficient (Wildman–Crippen LogP) is 3.83. The molecule has 1 aliphatic heterocycles. The van der Waals surface area contributed by atoms with E-state index in [1.54, 1.807) is 12.1 Å². The van der Waals surface area contributed by atoms with Crippen molar-refractivity contribution in [2.75, 3.05) is 18.5 Å². The quantitative estimate of drug-likeness (QED) is 0.317. The van der Waals surface area contributed by atoms with E-state index in [1.807, 2.05) is 24.7 Å². The topological polar surface area (TPSA) is 110 Å². The molecule has 4 rings (SSSR count). The number of halogens is 2. The van der Waals surface area contributed by atoms with Crippen LogP contribution in [0.25, 0.3) is 11.0 Å². The monoisotopic (exact) mass is 574 g/mol. The lowest BCUT2D eigenvalue weighted by molar-refractivity contribution is -0.129. The summed E-state index contributed by atoms with van der Waals surface area (Å²) in [5, 5.41) is 14.7. The molecule has 0 bridgehead atoms. The first-order valence-corrected chi connectivity index (χ1v) is 13.4. The molecule has 2 aromatic heterocycles. The molecule has 1 aliphatic rings. The first-order chi connectivity index (χ1) is 17.9. The maximum atomic E-state index is 13.4. The van der Waals surface area contributed by atoms with Gasteiger partial charge in [0.15, 0.2) is 5.65 Å². The highest BCUT2D eigenvalue weighted by atomic mass is 79.9. The summed E-state index contributed by atoms with van der Waals surface area (Å²) in [4.78, 5) is 29.9. The number of carbonyl (C=O) groups is 2.